The van der Waals surface area contributed by atoms with Gasteiger partial charge in [-0.1, -0.05) is 46.0 Å². The summed E-state index contributed by atoms with van der Waals surface area (Å²) in [5.74, 6) is 1.98. The number of ether oxygens (including phenoxy) is 1. The van der Waals surface area contributed by atoms with Gasteiger partial charge in [0.05, 0.1) is 11.7 Å². The Kier molecular flexibility index (Phi) is 5.92. The molecule has 2 rings (SSSR count). The molecular formula is C18H34O2. The van der Waals surface area contributed by atoms with Crippen LogP contribution in [0, 0.1) is 17.8 Å². The fourth-order valence-electron chi connectivity index (χ4n) is 4.74. The molecule has 118 valence electrons. The lowest BCUT2D eigenvalue weighted by Gasteiger charge is -2.47. The SMILES string of the molecule is CCOC1(C(O)C2CCCC(CC)C2)CCCC(C)C1. The van der Waals surface area contributed by atoms with Crippen molar-refractivity contribution < 1.29 is 9.84 Å². The van der Waals surface area contributed by atoms with Crippen LogP contribution in [0.5, 0.6) is 0 Å². The fourth-order valence-corrected chi connectivity index (χ4v) is 4.74. The molecule has 0 aromatic heterocycles. The van der Waals surface area contributed by atoms with E-state index in [0.29, 0.717) is 11.8 Å². The molecule has 0 heterocycles. The van der Waals surface area contributed by atoms with Crippen LogP contribution in [0.4, 0.5) is 0 Å². The highest BCUT2D eigenvalue weighted by Crippen LogP contribution is 2.44. The van der Waals surface area contributed by atoms with Crippen molar-refractivity contribution in [1.29, 1.82) is 0 Å². The number of rotatable bonds is 5. The van der Waals surface area contributed by atoms with Crippen molar-refractivity contribution in [2.75, 3.05) is 6.61 Å². The van der Waals surface area contributed by atoms with Crippen molar-refractivity contribution in [3.63, 3.8) is 0 Å². The van der Waals surface area contributed by atoms with Crippen molar-refractivity contribution in [3.05, 3.63) is 0 Å². The highest BCUT2D eigenvalue weighted by Gasteiger charge is 2.45. The normalized spacial score (nSPS) is 40.5. The average molecular weight is 282 g/mol. The number of hydrogen-bond acceptors (Lipinski definition) is 2. The standard InChI is InChI=1S/C18H34O2/c1-4-15-9-6-10-16(12-15)17(19)18(20-5-2)11-7-8-14(3)13-18/h14-17,19H,4-13H2,1-3H3. The molecule has 20 heavy (non-hydrogen) atoms. The van der Waals surface area contributed by atoms with Crippen LogP contribution in [0.2, 0.25) is 0 Å². The maximum absolute atomic E-state index is 11.1. The monoisotopic (exact) mass is 282 g/mol. The predicted molar refractivity (Wildman–Crippen MR) is 83.7 cm³/mol. The molecule has 0 radical (unpaired) electrons. The molecular weight excluding hydrogens is 248 g/mol. The Labute approximate surface area is 125 Å². The minimum Gasteiger partial charge on any atom is -0.390 e. The molecule has 2 aliphatic carbocycles. The molecule has 2 fully saturated rings. The second kappa shape index (κ2) is 7.26. The summed E-state index contributed by atoms with van der Waals surface area (Å²) in [5.41, 5.74) is -0.243. The molecule has 0 saturated heterocycles. The molecule has 2 heteroatoms. The molecule has 0 aromatic rings. The van der Waals surface area contributed by atoms with Crippen molar-refractivity contribution >= 4 is 0 Å². The van der Waals surface area contributed by atoms with Gasteiger partial charge in [0.25, 0.3) is 0 Å². The van der Waals surface area contributed by atoms with E-state index in [1.165, 1.54) is 44.9 Å². The molecule has 0 aromatic carbocycles. The van der Waals surface area contributed by atoms with Gasteiger partial charge in [0.2, 0.25) is 0 Å². The van der Waals surface area contributed by atoms with Crippen LogP contribution < -0.4 is 0 Å². The first-order valence-electron chi connectivity index (χ1n) is 8.93. The van der Waals surface area contributed by atoms with Crippen molar-refractivity contribution in [2.24, 2.45) is 17.8 Å². The third-order valence-electron chi connectivity index (χ3n) is 5.81. The maximum Gasteiger partial charge on any atom is 0.0945 e. The van der Waals surface area contributed by atoms with Crippen molar-refractivity contribution in [1.82, 2.24) is 0 Å². The quantitative estimate of drug-likeness (QED) is 0.801. The molecule has 0 aliphatic heterocycles. The van der Waals surface area contributed by atoms with Gasteiger partial charge in [-0.15, -0.1) is 0 Å². The van der Waals surface area contributed by atoms with Gasteiger partial charge in [-0.05, 0) is 50.4 Å². The number of aliphatic hydroxyl groups excluding tert-OH is 1. The van der Waals surface area contributed by atoms with Crippen molar-refractivity contribution in [3.8, 4) is 0 Å². The number of aliphatic hydroxyl groups is 1. The van der Waals surface area contributed by atoms with Gasteiger partial charge in [0.15, 0.2) is 0 Å². The van der Waals surface area contributed by atoms with Gasteiger partial charge < -0.3 is 9.84 Å². The van der Waals surface area contributed by atoms with Gasteiger partial charge in [0.1, 0.15) is 0 Å². The Hall–Kier alpha value is -0.0800. The zero-order chi connectivity index (χ0) is 14.6. The summed E-state index contributed by atoms with van der Waals surface area (Å²) < 4.78 is 6.17. The lowest BCUT2D eigenvalue weighted by molar-refractivity contribution is -0.169. The topological polar surface area (TPSA) is 29.5 Å². The van der Waals surface area contributed by atoms with Crippen LogP contribution in [-0.4, -0.2) is 23.4 Å². The Morgan fingerprint density at radius 3 is 2.65 bits per heavy atom. The number of hydrogen-bond donors (Lipinski definition) is 1. The molecule has 1 N–H and O–H groups in total. The third-order valence-corrected chi connectivity index (χ3v) is 5.81. The zero-order valence-electron chi connectivity index (χ0n) is 13.7. The second-order valence-electron chi connectivity index (χ2n) is 7.35. The van der Waals surface area contributed by atoms with Crippen molar-refractivity contribution in [2.45, 2.75) is 90.3 Å². The first-order valence-corrected chi connectivity index (χ1v) is 8.93. The van der Waals surface area contributed by atoms with Gasteiger partial charge in [0, 0.05) is 6.61 Å². The lowest BCUT2D eigenvalue weighted by atomic mass is 9.68. The summed E-state index contributed by atoms with van der Waals surface area (Å²) in [6.45, 7) is 7.41. The molecule has 2 nitrogen and oxygen atoms in total. The molecule has 2 aliphatic rings. The lowest BCUT2D eigenvalue weighted by Crippen LogP contribution is -2.52. The van der Waals surface area contributed by atoms with E-state index >= 15 is 0 Å². The third kappa shape index (κ3) is 3.57. The summed E-state index contributed by atoms with van der Waals surface area (Å²) >= 11 is 0. The van der Waals surface area contributed by atoms with Crippen LogP contribution in [0.3, 0.4) is 0 Å². The minimum absolute atomic E-state index is 0.243. The molecule has 5 atom stereocenters. The Bertz CT molecular complexity index is 287. The van der Waals surface area contributed by atoms with E-state index in [1.807, 2.05) is 0 Å². The summed E-state index contributed by atoms with van der Waals surface area (Å²) in [6.07, 6.45) is 10.7. The van der Waals surface area contributed by atoms with E-state index in [9.17, 15) is 5.11 Å². The summed E-state index contributed by atoms with van der Waals surface area (Å²) in [4.78, 5) is 0. The van der Waals surface area contributed by atoms with Crippen LogP contribution in [-0.2, 0) is 4.74 Å². The van der Waals surface area contributed by atoms with E-state index in [2.05, 4.69) is 20.8 Å². The van der Waals surface area contributed by atoms with Gasteiger partial charge in [-0.3, -0.25) is 0 Å². The fraction of sp³-hybridized carbons (Fsp3) is 1.00. The van der Waals surface area contributed by atoms with E-state index in [-0.39, 0.29) is 11.7 Å². The highest BCUT2D eigenvalue weighted by atomic mass is 16.5. The Morgan fingerprint density at radius 2 is 2.00 bits per heavy atom. The molecule has 2 saturated carbocycles. The largest absolute Gasteiger partial charge is 0.390 e. The second-order valence-corrected chi connectivity index (χ2v) is 7.35. The van der Waals surface area contributed by atoms with Gasteiger partial charge >= 0.3 is 0 Å². The smallest absolute Gasteiger partial charge is 0.0945 e. The molecule has 0 spiro atoms. The van der Waals surface area contributed by atoms with E-state index in [4.69, 9.17) is 4.74 Å². The van der Waals surface area contributed by atoms with Crippen LogP contribution in [0.25, 0.3) is 0 Å². The van der Waals surface area contributed by atoms with E-state index < -0.39 is 0 Å². The molecule has 0 bridgehead atoms. The van der Waals surface area contributed by atoms with E-state index in [0.717, 1.165) is 25.4 Å². The van der Waals surface area contributed by atoms with Crippen LogP contribution in [0.1, 0.15) is 78.6 Å². The predicted octanol–water partition coefficient (Wildman–Crippen LogP) is 4.55. The van der Waals surface area contributed by atoms with Crippen LogP contribution >= 0.6 is 0 Å². The molecule has 5 unspecified atom stereocenters. The maximum atomic E-state index is 11.1. The Morgan fingerprint density at radius 1 is 1.20 bits per heavy atom. The summed E-state index contributed by atoms with van der Waals surface area (Å²) in [7, 11) is 0. The Balaban J connectivity index is 2.07. The summed E-state index contributed by atoms with van der Waals surface area (Å²) in [6, 6.07) is 0. The first kappa shape index (κ1) is 16.3. The van der Waals surface area contributed by atoms with E-state index in [1.54, 1.807) is 0 Å². The van der Waals surface area contributed by atoms with Crippen LogP contribution in [0.15, 0.2) is 0 Å². The van der Waals surface area contributed by atoms with Gasteiger partial charge in [-0.2, -0.15) is 0 Å². The average Bonchev–Trinajstić information content (AvgIpc) is 2.47. The zero-order valence-corrected chi connectivity index (χ0v) is 13.7. The first-order chi connectivity index (χ1) is 9.61. The molecule has 0 amide bonds. The van der Waals surface area contributed by atoms with Gasteiger partial charge in [-0.25, -0.2) is 0 Å². The minimum atomic E-state index is -0.250. The summed E-state index contributed by atoms with van der Waals surface area (Å²) in [5, 5.41) is 11.1. The highest BCUT2D eigenvalue weighted by molar-refractivity contribution is 4.97.